The average Bonchev–Trinajstić information content (AvgIpc) is 2.78. The van der Waals surface area contributed by atoms with Crippen LogP contribution >= 0.6 is 0 Å². The molecule has 0 aliphatic carbocycles. The average molecular weight is 216 g/mol. The van der Waals surface area contributed by atoms with E-state index in [9.17, 15) is 4.79 Å². The monoisotopic (exact) mass is 216 g/mol. The van der Waals surface area contributed by atoms with E-state index in [0.717, 1.165) is 11.4 Å². The number of benzene rings is 1. The summed E-state index contributed by atoms with van der Waals surface area (Å²) in [6, 6.07) is 7.57. The second-order valence-electron chi connectivity index (χ2n) is 3.39. The van der Waals surface area contributed by atoms with Gasteiger partial charge in [-0.05, 0) is 12.1 Å². The third-order valence-electron chi connectivity index (χ3n) is 2.31. The van der Waals surface area contributed by atoms with Gasteiger partial charge in [0.15, 0.2) is 5.78 Å². The molecule has 2 rings (SSSR count). The number of aromatic nitrogens is 2. The quantitative estimate of drug-likeness (QED) is 0.738. The highest BCUT2D eigenvalue weighted by atomic mass is 16.5. The molecular weight excluding hydrogens is 204 g/mol. The first-order valence-corrected chi connectivity index (χ1v) is 4.90. The normalized spacial score (nSPS) is 10.1. The summed E-state index contributed by atoms with van der Waals surface area (Å²) in [7, 11) is 1.61. The first-order chi connectivity index (χ1) is 7.72. The summed E-state index contributed by atoms with van der Waals surface area (Å²) in [5, 5.41) is 0. The van der Waals surface area contributed by atoms with Crippen molar-refractivity contribution in [3.05, 3.63) is 42.5 Å². The SMILES string of the molecule is COc1ccccc1-n1cnc(C(C)=O)c1. The second kappa shape index (κ2) is 4.18. The number of imidazole rings is 1. The minimum absolute atomic E-state index is 0.0475. The second-order valence-corrected chi connectivity index (χ2v) is 3.39. The number of carbonyl (C=O) groups is 1. The van der Waals surface area contributed by atoms with Crippen LogP contribution in [0, 0.1) is 0 Å². The van der Waals surface area contributed by atoms with Gasteiger partial charge in [-0.3, -0.25) is 4.79 Å². The van der Waals surface area contributed by atoms with Crippen molar-refractivity contribution < 1.29 is 9.53 Å². The Hall–Kier alpha value is -2.10. The number of Topliss-reactive ketones (excluding diaryl/α,β-unsaturated/α-hetero) is 1. The van der Waals surface area contributed by atoms with E-state index in [-0.39, 0.29) is 5.78 Å². The molecule has 0 atom stereocenters. The summed E-state index contributed by atoms with van der Waals surface area (Å²) in [5.74, 6) is 0.698. The van der Waals surface area contributed by atoms with E-state index in [1.807, 2.05) is 24.3 Å². The molecule has 0 radical (unpaired) electrons. The van der Waals surface area contributed by atoms with Crippen LogP contribution in [0.15, 0.2) is 36.8 Å². The molecule has 0 amide bonds. The molecule has 0 saturated carbocycles. The fourth-order valence-electron chi connectivity index (χ4n) is 1.48. The Kier molecular flexibility index (Phi) is 2.72. The van der Waals surface area contributed by atoms with Gasteiger partial charge in [0.2, 0.25) is 0 Å². The molecule has 4 nitrogen and oxygen atoms in total. The molecule has 0 unspecified atom stereocenters. The molecule has 0 bridgehead atoms. The topological polar surface area (TPSA) is 44.1 Å². The molecule has 82 valence electrons. The van der Waals surface area contributed by atoms with Gasteiger partial charge in [-0.1, -0.05) is 12.1 Å². The first kappa shape index (κ1) is 10.4. The Morgan fingerprint density at radius 3 is 2.75 bits per heavy atom. The van der Waals surface area contributed by atoms with Crippen molar-refractivity contribution in [1.82, 2.24) is 9.55 Å². The molecular formula is C12H12N2O2. The van der Waals surface area contributed by atoms with E-state index < -0.39 is 0 Å². The molecule has 0 N–H and O–H groups in total. The maximum atomic E-state index is 11.1. The predicted octanol–water partition coefficient (Wildman–Crippen LogP) is 2.08. The number of hydrogen-bond acceptors (Lipinski definition) is 3. The van der Waals surface area contributed by atoms with Crippen LogP contribution in [0.2, 0.25) is 0 Å². The van der Waals surface area contributed by atoms with Crippen molar-refractivity contribution in [2.24, 2.45) is 0 Å². The van der Waals surface area contributed by atoms with E-state index in [1.165, 1.54) is 6.92 Å². The van der Waals surface area contributed by atoms with E-state index in [4.69, 9.17) is 4.74 Å². The zero-order chi connectivity index (χ0) is 11.5. The summed E-state index contributed by atoms with van der Waals surface area (Å²) in [6.07, 6.45) is 3.30. The van der Waals surface area contributed by atoms with Gasteiger partial charge in [-0.25, -0.2) is 4.98 Å². The van der Waals surface area contributed by atoms with Gasteiger partial charge < -0.3 is 9.30 Å². The van der Waals surface area contributed by atoms with Gasteiger partial charge in [0.25, 0.3) is 0 Å². The smallest absolute Gasteiger partial charge is 0.179 e. The molecule has 0 aliphatic rings. The van der Waals surface area contributed by atoms with E-state index in [2.05, 4.69) is 4.98 Å². The molecule has 4 heteroatoms. The third kappa shape index (κ3) is 1.82. The number of rotatable bonds is 3. The molecule has 1 aromatic heterocycles. The highest BCUT2D eigenvalue weighted by molar-refractivity contribution is 5.91. The molecule has 0 spiro atoms. The van der Waals surface area contributed by atoms with Gasteiger partial charge >= 0.3 is 0 Å². The first-order valence-electron chi connectivity index (χ1n) is 4.90. The van der Waals surface area contributed by atoms with Crippen molar-refractivity contribution in [3.63, 3.8) is 0 Å². The van der Waals surface area contributed by atoms with Gasteiger partial charge in [-0.2, -0.15) is 0 Å². The van der Waals surface area contributed by atoms with Crippen LogP contribution in [0.3, 0.4) is 0 Å². The fraction of sp³-hybridized carbons (Fsp3) is 0.167. The maximum absolute atomic E-state index is 11.1. The summed E-state index contributed by atoms with van der Waals surface area (Å²) in [6.45, 7) is 1.49. The Balaban J connectivity index is 2.46. The largest absolute Gasteiger partial charge is 0.495 e. The molecule has 2 aromatic rings. The van der Waals surface area contributed by atoms with E-state index >= 15 is 0 Å². The van der Waals surface area contributed by atoms with E-state index in [1.54, 1.807) is 24.2 Å². The lowest BCUT2D eigenvalue weighted by Gasteiger charge is -2.07. The standard InChI is InChI=1S/C12H12N2O2/c1-9(15)10-7-14(8-13-10)11-5-3-4-6-12(11)16-2/h3-8H,1-2H3. The Morgan fingerprint density at radius 2 is 2.12 bits per heavy atom. The Morgan fingerprint density at radius 1 is 1.38 bits per heavy atom. The van der Waals surface area contributed by atoms with Crippen molar-refractivity contribution in [3.8, 4) is 11.4 Å². The lowest BCUT2D eigenvalue weighted by atomic mass is 10.3. The van der Waals surface area contributed by atoms with Gasteiger partial charge in [0.1, 0.15) is 17.8 Å². The Labute approximate surface area is 93.5 Å². The summed E-state index contributed by atoms with van der Waals surface area (Å²) in [4.78, 5) is 15.2. The highest BCUT2D eigenvalue weighted by Gasteiger charge is 2.07. The minimum atomic E-state index is -0.0475. The van der Waals surface area contributed by atoms with Crippen LogP contribution < -0.4 is 4.74 Å². The summed E-state index contributed by atoms with van der Waals surface area (Å²) >= 11 is 0. The van der Waals surface area contributed by atoms with Crippen LogP contribution in [-0.4, -0.2) is 22.4 Å². The number of nitrogens with zero attached hydrogens (tertiary/aromatic N) is 2. The van der Waals surface area contributed by atoms with Crippen molar-refractivity contribution in [1.29, 1.82) is 0 Å². The number of hydrogen-bond donors (Lipinski definition) is 0. The van der Waals surface area contributed by atoms with Crippen LogP contribution in [0.4, 0.5) is 0 Å². The number of methoxy groups -OCH3 is 1. The van der Waals surface area contributed by atoms with Crippen molar-refractivity contribution in [2.75, 3.05) is 7.11 Å². The maximum Gasteiger partial charge on any atom is 0.179 e. The highest BCUT2D eigenvalue weighted by Crippen LogP contribution is 2.21. The van der Waals surface area contributed by atoms with Gasteiger partial charge in [0.05, 0.1) is 12.8 Å². The fourth-order valence-corrected chi connectivity index (χ4v) is 1.48. The van der Waals surface area contributed by atoms with Crippen LogP contribution in [0.5, 0.6) is 5.75 Å². The van der Waals surface area contributed by atoms with Crippen LogP contribution in [-0.2, 0) is 0 Å². The number of ether oxygens (including phenoxy) is 1. The number of para-hydroxylation sites is 2. The predicted molar refractivity (Wildman–Crippen MR) is 60.1 cm³/mol. The molecule has 1 aromatic carbocycles. The summed E-state index contributed by atoms with van der Waals surface area (Å²) in [5.41, 5.74) is 1.32. The molecule has 0 aliphatic heterocycles. The zero-order valence-electron chi connectivity index (χ0n) is 9.18. The number of ketones is 1. The Bertz CT molecular complexity index is 517. The third-order valence-corrected chi connectivity index (χ3v) is 2.31. The van der Waals surface area contributed by atoms with Crippen LogP contribution in [0.1, 0.15) is 17.4 Å². The lowest BCUT2D eigenvalue weighted by Crippen LogP contribution is -1.95. The van der Waals surface area contributed by atoms with Crippen molar-refractivity contribution >= 4 is 5.78 Å². The van der Waals surface area contributed by atoms with Crippen molar-refractivity contribution in [2.45, 2.75) is 6.92 Å². The van der Waals surface area contributed by atoms with Crippen LogP contribution in [0.25, 0.3) is 5.69 Å². The summed E-state index contributed by atoms with van der Waals surface area (Å²) < 4.78 is 7.01. The number of carbonyl (C=O) groups excluding carboxylic acids is 1. The van der Waals surface area contributed by atoms with Gasteiger partial charge in [-0.15, -0.1) is 0 Å². The zero-order valence-corrected chi connectivity index (χ0v) is 9.18. The molecule has 16 heavy (non-hydrogen) atoms. The van der Waals surface area contributed by atoms with Gasteiger partial charge in [0, 0.05) is 13.1 Å². The molecule has 0 saturated heterocycles. The molecule has 1 heterocycles. The lowest BCUT2D eigenvalue weighted by molar-refractivity contribution is 0.101. The minimum Gasteiger partial charge on any atom is -0.495 e. The molecule has 0 fully saturated rings. The van der Waals surface area contributed by atoms with E-state index in [0.29, 0.717) is 5.69 Å².